The maximum Gasteiger partial charge on any atom is 0.305 e. The topological polar surface area (TPSA) is 108 Å². The highest BCUT2D eigenvalue weighted by Gasteiger charge is 2.62. The van der Waals surface area contributed by atoms with E-state index < -0.39 is 0 Å². The van der Waals surface area contributed by atoms with E-state index in [-0.39, 0.29) is 35.8 Å². The summed E-state index contributed by atoms with van der Waals surface area (Å²) >= 11 is 0. The number of hydrogen-bond donors (Lipinski definition) is 2. The highest BCUT2D eigenvalue weighted by atomic mass is 16.7. The third-order valence-corrected chi connectivity index (χ3v) is 15.8. The second-order valence-electron chi connectivity index (χ2n) is 18.5. The molecule has 4 fully saturated rings. The number of aliphatic hydroxyl groups excluding tert-OH is 2. The molecule has 4 aliphatic carbocycles. The molecule has 1 aromatic heterocycles. The van der Waals surface area contributed by atoms with E-state index in [0.717, 1.165) is 78.6 Å². The molecule has 9 rings (SSSR count). The number of esters is 1. The van der Waals surface area contributed by atoms with Crippen LogP contribution in [0, 0.1) is 46.3 Å². The Bertz CT molecular complexity index is 1950. The summed E-state index contributed by atoms with van der Waals surface area (Å²) in [7, 11) is 1.66. The Morgan fingerprint density at radius 2 is 1.78 bits per heavy atom. The molecule has 6 aliphatic rings. The number of aromatic nitrogens is 1. The Kier molecular flexibility index (Phi) is 9.72. The Hall–Kier alpha value is -3.56. The van der Waals surface area contributed by atoms with E-state index in [1.807, 2.05) is 6.07 Å². The van der Waals surface area contributed by atoms with Crippen LogP contribution in [0.15, 0.2) is 36.5 Å². The Labute approximate surface area is 325 Å². The van der Waals surface area contributed by atoms with Crippen molar-refractivity contribution in [2.24, 2.45) is 46.3 Å². The molecule has 3 aromatic rings. The predicted octanol–water partition coefficient (Wildman–Crippen LogP) is 7.81. The Balaban J connectivity index is 0.779. The quantitative estimate of drug-likeness (QED) is 0.123. The molecule has 3 heterocycles. The third-order valence-electron chi connectivity index (χ3n) is 15.8. The number of aliphatic hydroxyl groups is 2. The molecule has 296 valence electrons. The fourth-order valence-corrected chi connectivity index (χ4v) is 12.9. The molecule has 2 aromatic carbocycles. The minimum Gasteiger partial charge on any atom is -0.493 e. The normalized spacial score (nSPS) is 33.5. The van der Waals surface area contributed by atoms with Crippen molar-refractivity contribution < 1.29 is 43.3 Å². The summed E-state index contributed by atoms with van der Waals surface area (Å²) in [6.07, 6.45) is 12.9. The summed E-state index contributed by atoms with van der Waals surface area (Å²) in [5.41, 5.74) is 4.00. The molecule has 0 radical (unpaired) electrons. The van der Waals surface area contributed by atoms with Gasteiger partial charge < -0.3 is 33.9 Å². The van der Waals surface area contributed by atoms with Gasteiger partial charge in [0.05, 0.1) is 43.5 Å². The van der Waals surface area contributed by atoms with Crippen LogP contribution in [0.4, 0.5) is 0 Å². The van der Waals surface area contributed by atoms with Crippen molar-refractivity contribution in [3.05, 3.63) is 42.1 Å². The number of methoxy groups -OCH3 is 1. The van der Waals surface area contributed by atoms with Crippen molar-refractivity contribution in [2.75, 3.05) is 27.1 Å². The van der Waals surface area contributed by atoms with Crippen molar-refractivity contribution in [3.63, 3.8) is 0 Å². The van der Waals surface area contributed by atoms with Crippen LogP contribution < -0.4 is 23.5 Å². The monoisotopic (exact) mass is 754 g/mol. The molecule has 2 N–H and O–H groups in total. The minimum atomic E-state index is -0.261. The van der Waals surface area contributed by atoms with Crippen molar-refractivity contribution >= 4 is 16.7 Å². The van der Waals surface area contributed by atoms with Crippen LogP contribution >= 0.6 is 0 Å². The molecule has 4 saturated carbocycles. The Morgan fingerprint density at radius 1 is 0.982 bits per heavy atom. The summed E-state index contributed by atoms with van der Waals surface area (Å²) in [6, 6.07) is 10.4. The van der Waals surface area contributed by atoms with Gasteiger partial charge in [0.2, 0.25) is 12.5 Å². The van der Waals surface area contributed by atoms with Gasteiger partial charge in [-0.2, -0.15) is 4.57 Å². The summed E-state index contributed by atoms with van der Waals surface area (Å²) in [5.74, 6) is 5.73. The second kappa shape index (κ2) is 14.4. The highest BCUT2D eigenvalue weighted by Crippen LogP contribution is 2.68. The standard InChI is InChI=1S/C46H60NO8/c1-27(34-8-9-35-43-36(13-16-46(34,35)3)45(2)15-12-31(48)22-30(45)23-38(43)49)6-11-42(50)52-18-5-19-53-44-33-25-47-17-14-29-21-40-41(55-26-54-40)24-32(29)37(47)20-28(33)7-10-39(44)51-4/h7,10,20-21,24-25,27,30-31,34-36,38,43,48-49H,5-6,8-9,11-19,22-23,26H2,1-4H3/q+1/t27-,30?,31-,34?,35?,36?,38+,43?,45+,46-/m1/s1. The fourth-order valence-electron chi connectivity index (χ4n) is 12.9. The number of aryl methyl sites for hydroxylation is 2. The lowest BCUT2D eigenvalue weighted by Crippen LogP contribution is -2.58. The van der Waals surface area contributed by atoms with Gasteiger partial charge in [0.25, 0.3) is 0 Å². The summed E-state index contributed by atoms with van der Waals surface area (Å²) in [6.45, 7) is 9.15. The zero-order chi connectivity index (χ0) is 38.1. The molecule has 9 nitrogen and oxygen atoms in total. The van der Waals surface area contributed by atoms with Crippen molar-refractivity contribution in [3.8, 4) is 34.3 Å². The van der Waals surface area contributed by atoms with E-state index in [1.165, 1.54) is 31.2 Å². The molecule has 0 saturated heterocycles. The van der Waals surface area contributed by atoms with Gasteiger partial charge in [-0.15, -0.1) is 0 Å². The number of carbonyl (C=O) groups is 1. The number of carbonyl (C=O) groups excluding carboxylic acids is 1. The summed E-state index contributed by atoms with van der Waals surface area (Å²) < 4.78 is 31.4. The first-order valence-corrected chi connectivity index (χ1v) is 21.2. The van der Waals surface area contributed by atoms with Gasteiger partial charge in [-0.05, 0) is 139 Å². The van der Waals surface area contributed by atoms with Crippen molar-refractivity contribution in [2.45, 2.75) is 117 Å². The minimum absolute atomic E-state index is 0.134. The van der Waals surface area contributed by atoms with Gasteiger partial charge in [-0.25, -0.2) is 0 Å². The predicted molar refractivity (Wildman–Crippen MR) is 208 cm³/mol. The van der Waals surface area contributed by atoms with E-state index >= 15 is 0 Å². The van der Waals surface area contributed by atoms with Gasteiger partial charge in [0.15, 0.2) is 35.7 Å². The number of hydrogen-bond acceptors (Lipinski definition) is 8. The molecule has 9 heteroatoms. The number of benzene rings is 2. The first-order chi connectivity index (χ1) is 26.6. The van der Waals surface area contributed by atoms with Crippen LogP contribution in [0.5, 0.6) is 23.0 Å². The number of fused-ring (bicyclic) bond motifs is 10. The van der Waals surface area contributed by atoms with Gasteiger partial charge in [0, 0.05) is 25.3 Å². The van der Waals surface area contributed by atoms with Gasteiger partial charge in [-0.1, -0.05) is 20.8 Å². The average Bonchev–Trinajstić information content (AvgIpc) is 3.79. The van der Waals surface area contributed by atoms with Crippen LogP contribution in [0.2, 0.25) is 0 Å². The number of rotatable bonds is 10. The highest BCUT2D eigenvalue weighted by molar-refractivity contribution is 5.91. The number of pyridine rings is 1. The molecule has 10 atom stereocenters. The van der Waals surface area contributed by atoms with Gasteiger partial charge in [-0.3, -0.25) is 4.79 Å². The van der Waals surface area contributed by atoms with Crippen LogP contribution in [-0.2, 0) is 22.5 Å². The maximum atomic E-state index is 13.0. The molecular weight excluding hydrogens is 695 g/mol. The molecule has 5 unspecified atom stereocenters. The van der Waals surface area contributed by atoms with Gasteiger partial charge in [0.1, 0.15) is 0 Å². The zero-order valence-corrected chi connectivity index (χ0v) is 33.2. The lowest BCUT2D eigenvalue weighted by Gasteiger charge is -2.62. The van der Waals surface area contributed by atoms with E-state index in [2.05, 4.69) is 55.8 Å². The molecule has 55 heavy (non-hydrogen) atoms. The van der Waals surface area contributed by atoms with E-state index in [4.69, 9.17) is 23.7 Å². The lowest BCUT2D eigenvalue weighted by molar-refractivity contribution is -0.686. The number of nitrogens with zero attached hydrogens (tertiary/aromatic N) is 1. The first kappa shape index (κ1) is 37.0. The molecule has 0 bridgehead atoms. The van der Waals surface area contributed by atoms with Crippen LogP contribution in [-0.4, -0.2) is 55.5 Å². The summed E-state index contributed by atoms with van der Waals surface area (Å²) in [4.78, 5) is 13.0. The van der Waals surface area contributed by atoms with E-state index in [1.54, 1.807) is 7.11 Å². The smallest absolute Gasteiger partial charge is 0.305 e. The lowest BCUT2D eigenvalue weighted by atomic mass is 9.43. The molecular formula is C46H60NO8+. The van der Waals surface area contributed by atoms with E-state index in [0.29, 0.717) is 73.1 Å². The maximum absolute atomic E-state index is 13.0. The number of ether oxygens (including phenoxy) is 5. The molecule has 0 spiro atoms. The summed E-state index contributed by atoms with van der Waals surface area (Å²) in [5, 5.41) is 24.1. The van der Waals surface area contributed by atoms with Crippen LogP contribution in [0.1, 0.15) is 97.0 Å². The van der Waals surface area contributed by atoms with Crippen molar-refractivity contribution in [1.82, 2.24) is 0 Å². The average molecular weight is 755 g/mol. The molecule has 2 aliphatic heterocycles. The van der Waals surface area contributed by atoms with E-state index in [9.17, 15) is 15.0 Å². The first-order valence-electron chi connectivity index (χ1n) is 21.2. The zero-order valence-electron chi connectivity index (χ0n) is 33.2. The SMILES string of the molecule is COc1ccc2cc3[n+](cc2c1OCCCOC(=O)CC[C@@H](C)C1CCC2C4C(CC[C@@]21C)[C@@]1(C)CC[C@@H](O)CC1C[C@@H]4O)CCc1cc2c(cc1-3)OCO2. The van der Waals surface area contributed by atoms with Crippen molar-refractivity contribution in [1.29, 1.82) is 0 Å². The third kappa shape index (κ3) is 6.36. The fraction of sp³-hybridized carbons (Fsp3) is 0.652. The molecule has 0 amide bonds. The van der Waals surface area contributed by atoms with Crippen LogP contribution in [0.25, 0.3) is 22.0 Å². The Morgan fingerprint density at radius 3 is 2.62 bits per heavy atom. The second-order valence-corrected chi connectivity index (χ2v) is 18.5. The van der Waals surface area contributed by atoms with Crippen LogP contribution in [0.3, 0.4) is 0 Å². The largest absolute Gasteiger partial charge is 0.493 e. The van der Waals surface area contributed by atoms with Gasteiger partial charge >= 0.3 is 5.97 Å².